The van der Waals surface area contributed by atoms with Gasteiger partial charge in [-0.3, -0.25) is 9.59 Å². The van der Waals surface area contributed by atoms with Gasteiger partial charge in [-0.25, -0.2) is 8.42 Å². The Morgan fingerprint density at radius 2 is 1.48 bits per heavy atom. The molecule has 2 amide bonds. The molecule has 1 aromatic rings. The number of carbonyl (C=O) groups excluding carboxylic acids is 2. The van der Waals surface area contributed by atoms with Crippen LogP contribution in [0.25, 0.3) is 0 Å². The summed E-state index contributed by atoms with van der Waals surface area (Å²) in [6.45, 7) is 2.18. The Morgan fingerprint density at radius 1 is 0.903 bits per heavy atom. The highest BCUT2D eigenvalue weighted by atomic mass is 32.2. The first-order valence-corrected chi connectivity index (χ1v) is 13.0. The molecule has 0 radical (unpaired) electrons. The maximum Gasteiger partial charge on any atom is 0.223 e. The van der Waals surface area contributed by atoms with Gasteiger partial charge < -0.3 is 14.5 Å². The van der Waals surface area contributed by atoms with Gasteiger partial charge in [-0.15, -0.1) is 0 Å². The van der Waals surface area contributed by atoms with Crippen molar-refractivity contribution < 1.29 is 22.7 Å². The molecule has 0 N–H and O–H groups in total. The largest absolute Gasteiger partial charge is 0.497 e. The van der Waals surface area contributed by atoms with E-state index < -0.39 is 9.84 Å². The second-order valence-electron chi connectivity index (χ2n) is 8.49. The summed E-state index contributed by atoms with van der Waals surface area (Å²) in [7, 11) is -1.56. The molecule has 8 heteroatoms. The van der Waals surface area contributed by atoms with Crippen LogP contribution in [0.1, 0.15) is 50.5 Å². The van der Waals surface area contributed by atoms with Crippen molar-refractivity contribution in [2.75, 3.05) is 39.0 Å². The van der Waals surface area contributed by atoms with Gasteiger partial charge >= 0.3 is 0 Å². The van der Waals surface area contributed by atoms with Crippen molar-refractivity contribution in [2.45, 2.75) is 56.6 Å². The molecule has 1 saturated carbocycles. The number of nitrogens with zero attached hydrogens (tertiary/aromatic N) is 2. The van der Waals surface area contributed by atoms with Crippen LogP contribution in [0.15, 0.2) is 24.3 Å². The number of aryl methyl sites for hydroxylation is 1. The molecule has 2 fully saturated rings. The number of benzene rings is 1. The first-order chi connectivity index (χ1) is 14.9. The van der Waals surface area contributed by atoms with Crippen molar-refractivity contribution >= 4 is 21.7 Å². The highest BCUT2D eigenvalue weighted by Crippen LogP contribution is 2.25. The van der Waals surface area contributed by atoms with E-state index in [0.717, 1.165) is 43.4 Å². The smallest absolute Gasteiger partial charge is 0.223 e. The van der Waals surface area contributed by atoms with Crippen molar-refractivity contribution in [1.29, 1.82) is 0 Å². The van der Waals surface area contributed by atoms with Gasteiger partial charge in [0.2, 0.25) is 11.8 Å². The Balaban J connectivity index is 1.43. The summed E-state index contributed by atoms with van der Waals surface area (Å²) in [5.74, 6) is 0.712. The summed E-state index contributed by atoms with van der Waals surface area (Å²) < 4.78 is 30.0. The molecule has 2 aliphatic rings. The molecule has 3 rings (SSSR count). The minimum atomic E-state index is -3.19. The molecule has 1 saturated heterocycles. The molecule has 1 aromatic carbocycles. The lowest BCUT2D eigenvalue weighted by molar-refractivity contribution is -0.133. The minimum Gasteiger partial charge on any atom is -0.497 e. The molecule has 0 unspecified atom stereocenters. The molecular weight excluding hydrogens is 416 g/mol. The zero-order chi connectivity index (χ0) is 22.3. The first kappa shape index (κ1) is 23.6. The molecule has 172 valence electrons. The number of hydrogen-bond donors (Lipinski definition) is 0. The van der Waals surface area contributed by atoms with Crippen LogP contribution in [-0.2, 0) is 25.8 Å². The number of sulfone groups is 1. The second kappa shape index (κ2) is 11.0. The van der Waals surface area contributed by atoms with Crippen LogP contribution in [0.5, 0.6) is 5.75 Å². The predicted molar refractivity (Wildman–Crippen MR) is 120 cm³/mol. The van der Waals surface area contributed by atoms with Gasteiger partial charge in [-0.2, -0.15) is 0 Å². The van der Waals surface area contributed by atoms with Gasteiger partial charge in [-0.1, -0.05) is 25.0 Å². The molecule has 7 nitrogen and oxygen atoms in total. The fourth-order valence-corrected chi connectivity index (χ4v) is 6.26. The average Bonchev–Trinajstić information content (AvgIpc) is 3.22. The normalized spacial score (nSPS) is 18.1. The van der Waals surface area contributed by atoms with Crippen molar-refractivity contribution in [2.24, 2.45) is 0 Å². The Kier molecular flexibility index (Phi) is 8.35. The zero-order valence-corrected chi connectivity index (χ0v) is 19.2. The molecule has 0 bridgehead atoms. The molecule has 0 spiro atoms. The maximum atomic E-state index is 12.6. The molecule has 31 heavy (non-hydrogen) atoms. The maximum absolute atomic E-state index is 12.6. The van der Waals surface area contributed by atoms with E-state index in [1.807, 2.05) is 29.2 Å². The molecule has 1 aliphatic heterocycles. The fourth-order valence-electron chi connectivity index (χ4n) is 4.42. The van der Waals surface area contributed by atoms with Crippen LogP contribution in [0.2, 0.25) is 0 Å². The van der Waals surface area contributed by atoms with Crippen LogP contribution >= 0.6 is 0 Å². The number of ether oxygens (including phenoxy) is 1. The van der Waals surface area contributed by atoms with Gasteiger partial charge in [0.25, 0.3) is 0 Å². The summed E-state index contributed by atoms with van der Waals surface area (Å²) >= 11 is 0. The lowest BCUT2D eigenvalue weighted by Gasteiger charge is -2.22. The van der Waals surface area contributed by atoms with Gasteiger partial charge in [0.1, 0.15) is 5.75 Å². The highest BCUT2D eigenvalue weighted by Gasteiger charge is 2.30. The first-order valence-electron chi connectivity index (χ1n) is 11.3. The van der Waals surface area contributed by atoms with Crippen molar-refractivity contribution in [3.05, 3.63) is 29.8 Å². The third-order valence-corrected chi connectivity index (χ3v) is 8.66. The monoisotopic (exact) mass is 450 g/mol. The third-order valence-electron chi connectivity index (χ3n) is 6.40. The van der Waals surface area contributed by atoms with E-state index >= 15 is 0 Å². The average molecular weight is 451 g/mol. The zero-order valence-electron chi connectivity index (χ0n) is 18.4. The fraction of sp³-hybridized carbons (Fsp3) is 0.652. The summed E-state index contributed by atoms with van der Waals surface area (Å²) in [6.07, 6.45) is 5.25. The van der Waals surface area contributed by atoms with Gasteiger partial charge in [0.15, 0.2) is 9.84 Å². The highest BCUT2D eigenvalue weighted by molar-refractivity contribution is 7.92. The lowest BCUT2D eigenvalue weighted by Crippen LogP contribution is -2.38. The third kappa shape index (κ3) is 6.69. The van der Waals surface area contributed by atoms with Crippen molar-refractivity contribution in [3.63, 3.8) is 0 Å². The Hall–Kier alpha value is -2.09. The Labute approximate surface area is 185 Å². The van der Waals surface area contributed by atoms with Crippen LogP contribution < -0.4 is 4.74 Å². The molecule has 0 aromatic heterocycles. The summed E-state index contributed by atoms with van der Waals surface area (Å²) in [6, 6.07) is 7.72. The van der Waals surface area contributed by atoms with E-state index in [9.17, 15) is 18.0 Å². The SMILES string of the molecule is COc1ccc(CCC(=O)N2CCCN(C(=O)CCS(=O)(=O)C3CCCC3)CC2)cc1. The van der Waals surface area contributed by atoms with Crippen molar-refractivity contribution in [1.82, 2.24) is 9.80 Å². The van der Waals surface area contributed by atoms with Gasteiger partial charge in [0.05, 0.1) is 18.1 Å². The van der Waals surface area contributed by atoms with E-state index in [-0.39, 0.29) is 29.2 Å². The number of hydrogen-bond acceptors (Lipinski definition) is 5. The van der Waals surface area contributed by atoms with Gasteiger partial charge in [-0.05, 0) is 43.4 Å². The topological polar surface area (TPSA) is 84.0 Å². The quantitative estimate of drug-likeness (QED) is 0.607. The van der Waals surface area contributed by atoms with E-state index in [1.165, 1.54) is 0 Å². The number of amides is 2. The minimum absolute atomic E-state index is 0.0459. The number of rotatable bonds is 8. The number of methoxy groups -OCH3 is 1. The van der Waals surface area contributed by atoms with E-state index in [4.69, 9.17) is 4.74 Å². The predicted octanol–water partition coefficient (Wildman–Crippen LogP) is 2.44. The summed E-state index contributed by atoms with van der Waals surface area (Å²) in [5, 5.41) is -0.261. The summed E-state index contributed by atoms with van der Waals surface area (Å²) in [5.41, 5.74) is 1.09. The van der Waals surface area contributed by atoms with Crippen LogP contribution in [0.4, 0.5) is 0 Å². The summed E-state index contributed by atoms with van der Waals surface area (Å²) in [4.78, 5) is 28.8. The van der Waals surface area contributed by atoms with Crippen LogP contribution in [-0.4, -0.2) is 74.3 Å². The molecular formula is C23H34N2O5S. The molecule has 1 heterocycles. The Morgan fingerprint density at radius 3 is 2.06 bits per heavy atom. The van der Waals surface area contributed by atoms with E-state index in [0.29, 0.717) is 39.0 Å². The lowest BCUT2D eigenvalue weighted by atomic mass is 10.1. The standard InChI is InChI=1S/C23H34N2O5S/c1-30-20-10-7-19(8-11-20)9-12-22(26)24-14-4-15-25(17-16-24)23(27)13-18-31(28,29)21-5-2-3-6-21/h7-8,10-11,21H,2-6,9,12-18H2,1H3. The second-order valence-corrected chi connectivity index (χ2v) is 10.9. The van der Waals surface area contributed by atoms with E-state index in [2.05, 4.69) is 0 Å². The molecule has 0 atom stereocenters. The Bertz CT molecular complexity index is 847. The van der Waals surface area contributed by atoms with Gasteiger partial charge in [0, 0.05) is 39.0 Å². The van der Waals surface area contributed by atoms with Crippen LogP contribution in [0, 0.1) is 0 Å². The number of carbonyl (C=O) groups is 2. The molecule has 1 aliphatic carbocycles. The van der Waals surface area contributed by atoms with Crippen LogP contribution in [0.3, 0.4) is 0 Å². The van der Waals surface area contributed by atoms with Crippen molar-refractivity contribution in [3.8, 4) is 5.75 Å². The van der Waals surface area contributed by atoms with E-state index in [1.54, 1.807) is 12.0 Å².